The van der Waals surface area contributed by atoms with Gasteiger partial charge in [0.25, 0.3) is 0 Å². The molecule has 1 aromatic heterocycles. The van der Waals surface area contributed by atoms with Gasteiger partial charge in [-0.3, -0.25) is 0 Å². The Labute approximate surface area is 130 Å². The van der Waals surface area contributed by atoms with Crippen LogP contribution in [0.3, 0.4) is 0 Å². The zero-order valence-electron chi connectivity index (χ0n) is 11.2. The third-order valence-electron chi connectivity index (χ3n) is 2.84. The quantitative estimate of drug-likeness (QED) is 0.714. The highest BCUT2D eigenvalue weighted by Gasteiger charge is 2.08. The summed E-state index contributed by atoms with van der Waals surface area (Å²) in [5, 5.41) is 4.13. The molecule has 2 aromatic carbocycles. The number of thiazole rings is 1. The lowest BCUT2D eigenvalue weighted by Gasteiger charge is -2.04. The van der Waals surface area contributed by atoms with Crippen LogP contribution in [-0.2, 0) is 0 Å². The number of benzene rings is 2. The summed E-state index contributed by atoms with van der Waals surface area (Å²) in [6, 6.07) is 9.97. The third-order valence-corrected chi connectivity index (χ3v) is 4.09. The average Bonchev–Trinajstić information content (AvgIpc) is 2.84. The maximum absolute atomic E-state index is 13.0. The number of nitrogens with one attached hydrogen (secondary N) is 1. The Hall–Kier alpha value is -1.85. The fourth-order valence-corrected chi connectivity index (χ4v) is 3.04. The van der Waals surface area contributed by atoms with Gasteiger partial charge in [0.1, 0.15) is 11.6 Å². The molecule has 0 saturated heterocycles. The third kappa shape index (κ3) is 3.09. The molecule has 3 aromatic rings. The molecular formula is C15H12ClFN2OS. The SMILES string of the molecule is CCOc1ccc2nc(Nc3ccc(F)cc3Cl)sc2c1. The van der Waals surface area contributed by atoms with Crippen molar-refractivity contribution < 1.29 is 9.13 Å². The van der Waals surface area contributed by atoms with E-state index in [4.69, 9.17) is 16.3 Å². The van der Waals surface area contributed by atoms with E-state index in [1.54, 1.807) is 6.07 Å². The van der Waals surface area contributed by atoms with Gasteiger partial charge in [-0.05, 0) is 43.3 Å². The van der Waals surface area contributed by atoms with Gasteiger partial charge in [0.15, 0.2) is 5.13 Å². The molecule has 0 aliphatic rings. The summed E-state index contributed by atoms with van der Waals surface area (Å²) < 4.78 is 19.5. The summed E-state index contributed by atoms with van der Waals surface area (Å²) in [4.78, 5) is 4.47. The van der Waals surface area contributed by atoms with E-state index in [0.29, 0.717) is 22.4 Å². The standard InChI is InChI=1S/C15H12ClFN2OS/c1-2-20-10-4-6-13-14(8-10)21-15(19-13)18-12-5-3-9(17)7-11(12)16/h3-8H,2H2,1H3,(H,18,19). The second kappa shape index (κ2) is 5.87. The maximum atomic E-state index is 13.0. The Morgan fingerprint density at radius 1 is 1.29 bits per heavy atom. The van der Waals surface area contributed by atoms with Crippen molar-refractivity contribution >= 4 is 44.0 Å². The largest absolute Gasteiger partial charge is 0.494 e. The lowest BCUT2D eigenvalue weighted by molar-refractivity contribution is 0.341. The predicted molar refractivity (Wildman–Crippen MR) is 85.5 cm³/mol. The number of halogens is 2. The minimum Gasteiger partial charge on any atom is -0.494 e. The van der Waals surface area contributed by atoms with Crippen LogP contribution >= 0.6 is 22.9 Å². The molecule has 0 spiro atoms. The van der Waals surface area contributed by atoms with Crippen LogP contribution in [0.4, 0.5) is 15.2 Å². The van der Waals surface area contributed by atoms with Crippen LogP contribution in [0.15, 0.2) is 36.4 Å². The van der Waals surface area contributed by atoms with E-state index in [0.717, 1.165) is 16.0 Å². The highest BCUT2D eigenvalue weighted by atomic mass is 35.5. The van der Waals surface area contributed by atoms with Crippen LogP contribution in [0, 0.1) is 5.82 Å². The van der Waals surface area contributed by atoms with E-state index in [2.05, 4.69) is 10.3 Å². The summed E-state index contributed by atoms with van der Waals surface area (Å²) in [7, 11) is 0. The molecular weight excluding hydrogens is 311 g/mol. The van der Waals surface area contributed by atoms with E-state index in [-0.39, 0.29) is 5.82 Å². The average molecular weight is 323 g/mol. The second-order valence-corrected chi connectivity index (χ2v) is 5.77. The molecule has 21 heavy (non-hydrogen) atoms. The summed E-state index contributed by atoms with van der Waals surface area (Å²) in [5.74, 6) is 0.455. The summed E-state index contributed by atoms with van der Waals surface area (Å²) in [6.07, 6.45) is 0. The fraction of sp³-hybridized carbons (Fsp3) is 0.133. The first-order valence-electron chi connectivity index (χ1n) is 6.41. The number of anilines is 2. The van der Waals surface area contributed by atoms with Gasteiger partial charge in [0, 0.05) is 0 Å². The van der Waals surface area contributed by atoms with Crippen molar-refractivity contribution in [3.05, 3.63) is 47.2 Å². The molecule has 0 aliphatic heterocycles. The minimum atomic E-state index is -0.365. The number of hydrogen-bond donors (Lipinski definition) is 1. The van der Waals surface area contributed by atoms with Crippen LogP contribution in [0.5, 0.6) is 5.75 Å². The van der Waals surface area contributed by atoms with Crippen molar-refractivity contribution in [2.24, 2.45) is 0 Å². The maximum Gasteiger partial charge on any atom is 0.188 e. The first kappa shape index (κ1) is 14.1. The van der Waals surface area contributed by atoms with Crippen LogP contribution in [0.25, 0.3) is 10.2 Å². The van der Waals surface area contributed by atoms with E-state index in [1.165, 1.54) is 23.5 Å². The molecule has 0 fully saturated rings. The van der Waals surface area contributed by atoms with E-state index < -0.39 is 0 Å². The van der Waals surface area contributed by atoms with Crippen LogP contribution in [-0.4, -0.2) is 11.6 Å². The first-order valence-corrected chi connectivity index (χ1v) is 7.60. The molecule has 3 rings (SSSR count). The monoisotopic (exact) mass is 322 g/mol. The van der Waals surface area contributed by atoms with Crippen molar-refractivity contribution in [2.75, 3.05) is 11.9 Å². The number of nitrogens with zero attached hydrogens (tertiary/aromatic N) is 1. The molecule has 0 bridgehead atoms. The molecule has 6 heteroatoms. The zero-order chi connectivity index (χ0) is 14.8. The molecule has 0 unspecified atom stereocenters. The van der Waals surface area contributed by atoms with Gasteiger partial charge >= 0.3 is 0 Å². The van der Waals surface area contributed by atoms with Crippen LogP contribution < -0.4 is 10.1 Å². The smallest absolute Gasteiger partial charge is 0.188 e. The van der Waals surface area contributed by atoms with Gasteiger partial charge < -0.3 is 10.1 Å². The van der Waals surface area contributed by atoms with Gasteiger partial charge in [0.05, 0.1) is 27.5 Å². The van der Waals surface area contributed by atoms with Crippen LogP contribution in [0.2, 0.25) is 5.02 Å². The summed E-state index contributed by atoms with van der Waals surface area (Å²) >= 11 is 7.49. The summed E-state index contributed by atoms with van der Waals surface area (Å²) in [5.41, 5.74) is 1.51. The van der Waals surface area contributed by atoms with E-state index in [9.17, 15) is 4.39 Å². The molecule has 0 radical (unpaired) electrons. The number of hydrogen-bond acceptors (Lipinski definition) is 4. The fourth-order valence-electron chi connectivity index (χ4n) is 1.92. The van der Waals surface area contributed by atoms with Crippen molar-refractivity contribution in [2.45, 2.75) is 6.92 Å². The lowest BCUT2D eigenvalue weighted by Crippen LogP contribution is -1.90. The van der Waals surface area contributed by atoms with Gasteiger partial charge in [-0.15, -0.1) is 0 Å². The number of fused-ring (bicyclic) bond motifs is 1. The lowest BCUT2D eigenvalue weighted by atomic mass is 10.3. The minimum absolute atomic E-state index is 0.323. The Morgan fingerprint density at radius 2 is 2.14 bits per heavy atom. The van der Waals surface area contributed by atoms with Crippen LogP contribution in [0.1, 0.15) is 6.92 Å². The first-order chi connectivity index (χ1) is 10.2. The Morgan fingerprint density at radius 3 is 2.90 bits per heavy atom. The zero-order valence-corrected chi connectivity index (χ0v) is 12.8. The summed E-state index contributed by atoms with van der Waals surface area (Å²) in [6.45, 7) is 2.57. The molecule has 108 valence electrons. The van der Waals surface area contributed by atoms with Gasteiger partial charge in [-0.25, -0.2) is 9.37 Å². The van der Waals surface area contributed by atoms with Crippen molar-refractivity contribution in [1.82, 2.24) is 4.98 Å². The van der Waals surface area contributed by atoms with Crippen molar-refractivity contribution in [3.8, 4) is 5.75 Å². The molecule has 0 aliphatic carbocycles. The Bertz CT molecular complexity index is 790. The Kier molecular flexibility index (Phi) is 3.94. The predicted octanol–water partition coefficient (Wildman–Crippen LogP) is 5.23. The topological polar surface area (TPSA) is 34.1 Å². The molecule has 0 amide bonds. The van der Waals surface area contributed by atoms with Gasteiger partial charge in [-0.2, -0.15) is 0 Å². The molecule has 3 nitrogen and oxygen atoms in total. The molecule has 0 saturated carbocycles. The highest BCUT2D eigenvalue weighted by Crippen LogP contribution is 2.33. The second-order valence-electron chi connectivity index (χ2n) is 4.33. The Balaban J connectivity index is 1.90. The number of rotatable bonds is 4. The molecule has 1 heterocycles. The van der Waals surface area contributed by atoms with Crippen molar-refractivity contribution in [1.29, 1.82) is 0 Å². The highest BCUT2D eigenvalue weighted by molar-refractivity contribution is 7.22. The molecule has 1 N–H and O–H groups in total. The number of aromatic nitrogens is 1. The van der Waals surface area contributed by atoms with Gasteiger partial charge in [-0.1, -0.05) is 22.9 Å². The van der Waals surface area contributed by atoms with E-state index in [1.807, 2.05) is 25.1 Å². The normalized spacial score (nSPS) is 10.8. The number of ether oxygens (including phenoxy) is 1. The van der Waals surface area contributed by atoms with E-state index >= 15 is 0 Å². The van der Waals surface area contributed by atoms with Gasteiger partial charge in [0.2, 0.25) is 0 Å². The van der Waals surface area contributed by atoms with Crippen molar-refractivity contribution in [3.63, 3.8) is 0 Å². The molecule has 0 atom stereocenters.